The maximum absolute atomic E-state index is 11.4. The highest BCUT2D eigenvalue weighted by Crippen LogP contribution is 2.39. The molecule has 0 saturated carbocycles. The van der Waals surface area contributed by atoms with Crippen molar-refractivity contribution in [2.45, 2.75) is 50.3 Å². The second-order valence-electron chi connectivity index (χ2n) is 4.74. The summed E-state index contributed by atoms with van der Waals surface area (Å²) in [6, 6.07) is 0. The highest BCUT2D eigenvalue weighted by molar-refractivity contribution is 5.75. The summed E-state index contributed by atoms with van der Waals surface area (Å²) >= 11 is 0. The van der Waals surface area contributed by atoms with Gasteiger partial charge in [0.1, 0.15) is 18.3 Å². The standard InChI is InChI=1S/C11H18O7/c1-11(2)17-7-6(5(12)9(13)14-3)16-10(15-4)8(7)18-11/h5-8,10,12H,1-4H3/t5-,6-,7-,8-,10-/m1/s1. The van der Waals surface area contributed by atoms with Gasteiger partial charge in [0.15, 0.2) is 18.2 Å². The Labute approximate surface area is 105 Å². The fourth-order valence-electron chi connectivity index (χ4n) is 2.29. The van der Waals surface area contributed by atoms with Crippen molar-refractivity contribution >= 4 is 5.97 Å². The summed E-state index contributed by atoms with van der Waals surface area (Å²) < 4.78 is 26.3. The lowest BCUT2D eigenvalue weighted by atomic mass is 10.1. The molecule has 0 unspecified atom stereocenters. The van der Waals surface area contributed by atoms with Crippen molar-refractivity contribution in [3.8, 4) is 0 Å². The Morgan fingerprint density at radius 1 is 1.28 bits per heavy atom. The Bertz CT molecular complexity index is 329. The van der Waals surface area contributed by atoms with E-state index in [1.807, 2.05) is 0 Å². The minimum Gasteiger partial charge on any atom is -0.467 e. The summed E-state index contributed by atoms with van der Waals surface area (Å²) in [7, 11) is 2.66. The summed E-state index contributed by atoms with van der Waals surface area (Å²) in [6.45, 7) is 3.50. The first kappa shape index (κ1) is 13.7. The van der Waals surface area contributed by atoms with Gasteiger partial charge in [0, 0.05) is 7.11 Å². The molecule has 1 N–H and O–H groups in total. The average Bonchev–Trinajstić information content (AvgIpc) is 2.80. The van der Waals surface area contributed by atoms with Gasteiger partial charge in [0.2, 0.25) is 0 Å². The molecule has 104 valence electrons. The first-order chi connectivity index (χ1) is 8.39. The maximum Gasteiger partial charge on any atom is 0.337 e. The minimum absolute atomic E-state index is 0.477. The van der Waals surface area contributed by atoms with Gasteiger partial charge in [-0.25, -0.2) is 4.79 Å². The molecule has 0 bridgehead atoms. The summed E-state index contributed by atoms with van der Waals surface area (Å²) in [5.41, 5.74) is 0. The van der Waals surface area contributed by atoms with E-state index in [4.69, 9.17) is 18.9 Å². The fraction of sp³-hybridized carbons (Fsp3) is 0.909. The van der Waals surface area contributed by atoms with Crippen LogP contribution >= 0.6 is 0 Å². The third kappa shape index (κ3) is 2.24. The molecule has 0 aliphatic carbocycles. The molecule has 2 aliphatic heterocycles. The Kier molecular flexibility index (Phi) is 3.61. The summed E-state index contributed by atoms with van der Waals surface area (Å²) in [4.78, 5) is 11.4. The van der Waals surface area contributed by atoms with Gasteiger partial charge in [-0.1, -0.05) is 0 Å². The lowest BCUT2D eigenvalue weighted by Crippen LogP contribution is -2.43. The number of methoxy groups -OCH3 is 2. The maximum atomic E-state index is 11.4. The van der Waals surface area contributed by atoms with Gasteiger partial charge in [-0.3, -0.25) is 0 Å². The third-order valence-electron chi connectivity index (χ3n) is 3.03. The van der Waals surface area contributed by atoms with Crippen molar-refractivity contribution in [1.82, 2.24) is 0 Å². The first-order valence-electron chi connectivity index (χ1n) is 5.69. The lowest BCUT2D eigenvalue weighted by Gasteiger charge is -2.25. The van der Waals surface area contributed by atoms with Crippen LogP contribution in [0.4, 0.5) is 0 Å². The van der Waals surface area contributed by atoms with Crippen molar-refractivity contribution in [3.63, 3.8) is 0 Å². The van der Waals surface area contributed by atoms with Crippen LogP contribution in [0.3, 0.4) is 0 Å². The third-order valence-corrected chi connectivity index (χ3v) is 3.03. The van der Waals surface area contributed by atoms with E-state index in [2.05, 4.69) is 4.74 Å². The number of aliphatic hydroxyl groups excluding tert-OH is 1. The van der Waals surface area contributed by atoms with E-state index >= 15 is 0 Å². The molecule has 7 heteroatoms. The van der Waals surface area contributed by atoms with Crippen LogP contribution in [0.2, 0.25) is 0 Å². The van der Waals surface area contributed by atoms with E-state index in [9.17, 15) is 9.90 Å². The van der Waals surface area contributed by atoms with Crippen molar-refractivity contribution in [3.05, 3.63) is 0 Å². The van der Waals surface area contributed by atoms with Gasteiger partial charge in [-0.2, -0.15) is 0 Å². The number of rotatable bonds is 3. The molecule has 0 aromatic heterocycles. The molecule has 18 heavy (non-hydrogen) atoms. The highest BCUT2D eigenvalue weighted by Gasteiger charge is 2.58. The Morgan fingerprint density at radius 3 is 2.44 bits per heavy atom. The number of fused-ring (bicyclic) bond motifs is 1. The molecule has 5 atom stereocenters. The number of aliphatic hydroxyl groups is 1. The van der Waals surface area contributed by atoms with Gasteiger partial charge in [-0.15, -0.1) is 0 Å². The Morgan fingerprint density at radius 2 is 1.89 bits per heavy atom. The van der Waals surface area contributed by atoms with Gasteiger partial charge in [0.25, 0.3) is 0 Å². The minimum atomic E-state index is -1.43. The van der Waals surface area contributed by atoms with Crippen LogP contribution in [0, 0.1) is 0 Å². The van der Waals surface area contributed by atoms with Crippen LogP contribution in [0.15, 0.2) is 0 Å². The zero-order chi connectivity index (χ0) is 13.5. The largest absolute Gasteiger partial charge is 0.467 e. The van der Waals surface area contributed by atoms with Crippen LogP contribution in [-0.4, -0.2) is 61.8 Å². The molecule has 2 saturated heterocycles. The molecular weight excluding hydrogens is 244 g/mol. The van der Waals surface area contributed by atoms with E-state index < -0.39 is 42.5 Å². The molecule has 0 aromatic rings. The molecule has 2 rings (SSSR count). The number of hydrogen-bond donors (Lipinski definition) is 1. The fourth-order valence-corrected chi connectivity index (χ4v) is 2.29. The van der Waals surface area contributed by atoms with Gasteiger partial charge >= 0.3 is 5.97 Å². The van der Waals surface area contributed by atoms with Crippen molar-refractivity contribution in [1.29, 1.82) is 0 Å². The van der Waals surface area contributed by atoms with Crippen molar-refractivity contribution in [2.24, 2.45) is 0 Å². The van der Waals surface area contributed by atoms with E-state index in [1.165, 1.54) is 14.2 Å². The second-order valence-corrected chi connectivity index (χ2v) is 4.74. The van der Waals surface area contributed by atoms with Crippen LogP contribution < -0.4 is 0 Å². The van der Waals surface area contributed by atoms with Crippen LogP contribution in [0.1, 0.15) is 13.8 Å². The van der Waals surface area contributed by atoms with E-state index in [0.29, 0.717) is 0 Å². The first-order valence-corrected chi connectivity index (χ1v) is 5.69. The zero-order valence-electron chi connectivity index (χ0n) is 10.8. The lowest BCUT2D eigenvalue weighted by molar-refractivity contribution is -0.238. The highest BCUT2D eigenvalue weighted by atomic mass is 16.8. The van der Waals surface area contributed by atoms with Crippen LogP contribution in [-0.2, 0) is 28.5 Å². The zero-order valence-corrected chi connectivity index (χ0v) is 10.8. The van der Waals surface area contributed by atoms with Crippen LogP contribution in [0.25, 0.3) is 0 Å². The topological polar surface area (TPSA) is 83.5 Å². The summed E-state index contributed by atoms with van der Waals surface area (Å²) in [6.07, 6.45) is -4.02. The molecule has 0 amide bonds. The number of esters is 1. The van der Waals surface area contributed by atoms with Gasteiger partial charge in [-0.05, 0) is 13.8 Å². The molecule has 0 radical (unpaired) electrons. The van der Waals surface area contributed by atoms with Gasteiger partial charge < -0.3 is 28.8 Å². The molecule has 2 aliphatic rings. The molecular formula is C11H18O7. The summed E-state index contributed by atoms with van der Waals surface area (Å²) in [5, 5.41) is 9.86. The molecule has 0 aromatic carbocycles. The Hall–Kier alpha value is -0.730. The normalized spacial score (nSPS) is 39.4. The van der Waals surface area contributed by atoms with Crippen molar-refractivity contribution < 1.29 is 33.6 Å². The van der Waals surface area contributed by atoms with Crippen LogP contribution in [0.5, 0.6) is 0 Å². The van der Waals surface area contributed by atoms with E-state index in [0.717, 1.165) is 0 Å². The monoisotopic (exact) mass is 262 g/mol. The predicted molar refractivity (Wildman–Crippen MR) is 57.5 cm³/mol. The van der Waals surface area contributed by atoms with Crippen molar-refractivity contribution in [2.75, 3.05) is 14.2 Å². The average molecular weight is 262 g/mol. The molecule has 0 spiro atoms. The SMILES string of the molecule is COC(=O)[C@H](O)[C@H]1O[C@@H](OC)[C@@H]2OC(C)(C)O[C@@H]21. The number of ether oxygens (including phenoxy) is 5. The Balaban J connectivity index is 2.16. The molecule has 2 heterocycles. The smallest absolute Gasteiger partial charge is 0.337 e. The molecule has 7 nitrogen and oxygen atoms in total. The number of carbonyl (C=O) groups is 1. The predicted octanol–water partition coefficient (Wildman–Crippen LogP) is -0.588. The second kappa shape index (κ2) is 4.75. The quantitative estimate of drug-likeness (QED) is 0.681. The van der Waals surface area contributed by atoms with Gasteiger partial charge in [0.05, 0.1) is 7.11 Å². The molecule has 2 fully saturated rings. The van der Waals surface area contributed by atoms with E-state index in [-0.39, 0.29) is 0 Å². The number of carbonyl (C=O) groups excluding carboxylic acids is 1. The number of hydrogen-bond acceptors (Lipinski definition) is 7. The van der Waals surface area contributed by atoms with E-state index in [1.54, 1.807) is 13.8 Å². The summed E-state index contributed by atoms with van der Waals surface area (Å²) in [5.74, 6) is -1.58.